The molecule has 1 aromatic heterocycles. The van der Waals surface area contributed by atoms with Gasteiger partial charge in [-0.05, 0) is 12.1 Å². The van der Waals surface area contributed by atoms with E-state index in [-0.39, 0.29) is 30.6 Å². The van der Waals surface area contributed by atoms with Crippen molar-refractivity contribution in [2.75, 3.05) is 32.2 Å². The van der Waals surface area contributed by atoms with Crippen LogP contribution in [0.2, 0.25) is 0 Å². The molecule has 0 radical (unpaired) electrons. The Bertz CT molecular complexity index is 1220. The molecule has 1 amide bonds. The number of carbonyl (C=O) groups excluding carboxylic acids is 2. The minimum Gasteiger partial charge on any atom is -0.497 e. The Hall–Kier alpha value is -3.88. The fraction of sp³-hybridized carbons (Fsp3) is 0.333. The quantitative estimate of drug-likeness (QED) is 0.622. The largest absolute Gasteiger partial charge is 0.497 e. The van der Waals surface area contributed by atoms with Crippen LogP contribution in [0, 0.1) is 5.41 Å². The van der Waals surface area contributed by atoms with E-state index in [4.69, 9.17) is 14.9 Å². The van der Waals surface area contributed by atoms with E-state index in [1.165, 1.54) is 0 Å². The summed E-state index contributed by atoms with van der Waals surface area (Å²) in [4.78, 5) is 37.4. The number of para-hydroxylation sites is 2. The van der Waals surface area contributed by atoms with Crippen molar-refractivity contribution >= 4 is 34.2 Å². The maximum atomic E-state index is 13.9. The highest BCUT2D eigenvalue weighted by Crippen LogP contribution is 2.46. The molecule has 170 valence electrons. The first-order chi connectivity index (χ1) is 15.9. The molecule has 3 heterocycles. The highest BCUT2D eigenvalue weighted by molar-refractivity contribution is 6.27. The van der Waals surface area contributed by atoms with Crippen LogP contribution in [0.5, 0.6) is 11.5 Å². The number of anilines is 1. The maximum absolute atomic E-state index is 13.9. The second kappa shape index (κ2) is 7.61. The molecule has 0 bridgehead atoms. The van der Waals surface area contributed by atoms with Gasteiger partial charge in [0, 0.05) is 24.6 Å². The lowest BCUT2D eigenvalue weighted by molar-refractivity contribution is -0.142. The van der Waals surface area contributed by atoms with Gasteiger partial charge in [-0.25, -0.2) is 4.98 Å². The van der Waals surface area contributed by atoms with Gasteiger partial charge in [0.05, 0.1) is 44.0 Å². The van der Waals surface area contributed by atoms with Gasteiger partial charge in [0.15, 0.2) is 5.78 Å². The predicted molar refractivity (Wildman–Crippen MR) is 123 cm³/mol. The van der Waals surface area contributed by atoms with Crippen molar-refractivity contribution in [1.29, 1.82) is 5.41 Å². The lowest BCUT2D eigenvalue weighted by Crippen LogP contribution is -2.72. The number of imidazole rings is 1. The van der Waals surface area contributed by atoms with E-state index in [0.29, 0.717) is 29.4 Å². The molecule has 3 aromatic rings. The van der Waals surface area contributed by atoms with Gasteiger partial charge in [-0.2, -0.15) is 0 Å². The number of aromatic nitrogens is 2. The average Bonchev–Trinajstić information content (AvgIpc) is 3.32. The number of rotatable bonds is 5. The van der Waals surface area contributed by atoms with Crippen LogP contribution in [0.4, 0.5) is 5.69 Å². The minimum atomic E-state index is -1.04. The third-order valence-electron chi connectivity index (χ3n) is 6.50. The molecule has 2 aromatic carbocycles. The first-order valence-electron chi connectivity index (χ1n) is 10.8. The molecule has 9 nitrogen and oxygen atoms in total. The number of hydrogen-bond acceptors (Lipinski definition) is 6. The van der Waals surface area contributed by atoms with Gasteiger partial charge >= 0.3 is 0 Å². The van der Waals surface area contributed by atoms with Crippen LogP contribution in [0.1, 0.15) is 25.1 Å². The fourth-order valence-electron chi connectivity index (χ4n) is 4.82. The van der Waals surface area contributed by atoms with Crippen LogP contribution in [-0.2, 0) is 9.59 Å². The summed E-state index contributed by atoms with van der Waals surface area (Å²) >= 11 is 0. The van der Waals surface area contributed by atoms with E-state index in [2.05, 4.69) is 9.97 Å². The molecular formula is C24H25N5O4. The number of hydrogen-bond donors (Lipinski definition) is 2. The Morgan fingerprint density at radius 2 is 1.85 bits per heavy atom. The predicted octanol–water partition coefficient (Wildman–Crippen LogP) is 2.72. The first kappa shape index (κ1) is 21.0. The second-order valence-electron chi connectivity index (χ2n) is 8.36. The number of ketones is 1. The minimum absolute atomic E-state index is 0.0182. The molecular weight excluding hydrogens is 422 g/mol. The summed E-state index contributed by atoms with van der Waals surface area (Å²) in [6.45, 7) is 2.24. The molecule has 2 N–H and O–H groups in total. The van der Waals surface area contributed by atoms with Gasteiger partial charge in [0.2, 0.25) is 5.91 Å². The SMILES string of the molecule is CCC(=O)N1CC2(C1)C(=O)C(c1nc3ccccc3[nH]1)C(=N)N2c1cc(OC)cc(OC)c1. The first-order valence-corrected chi connectivity index (χ1v) is 10.8. The molecule has 33 heavy (non-hydrogen) atoms. The third-order valence-corrected chi connectivity index (χ3v) is 6.50. The van der Waals surface area contributed by atoms with E-state index in [9.17, 15) is 9.59 Å². The monoisotopic (exact) mass is 447 g/mol. The van der Waals surface area contributed by atoms with Crippen molar-refractivity contribution in [3.8, 4) is 11.5 Å². The van der Waals surface area contributed by atoms with Crippen LogP contribution >= 0.6 is 0 Å². The Balaban J connectivity index is 1.62. The summed E-state index contributed by atoms with van der Waals surface area (Å²) < 4.78 is 10.8. The van der Waals surface area contributed by atoms with Crippen molar-refractivity contribution in [2.45, 2.75) is 24.8 Å². The molecule has 1 atom stereocenters. The normalized spacial score (nSPS) is 19.3. The molecule has 0 saturated carbocycles. The van der Waals surface area contributed by atoms with E-state index in [1.807, 2.05) is 24.3 Å². The third kappa shape index (κ3) is 3.06. The zero-order chi connectivity index (χ0) is 23.3. The number of amides is 1. The zero-order valence-corrected chi connectivity index (χ0v) is 18.7. The van der Waals surface area contributed by atoms with Gasteiger partial charge in [-0.1, -0.05) is 19.1 Å². The van der Waals surface area contributed by atoms with Gasteiger partial charge in [0.25, 0.3) is 0 Å². The number of amidine groups is 1. The van der Waals surface area contributed by atoms with Gasteiger partial charge < -0.3 is 24.3 Å². The van der Waals surface area contributed by atoms with E-state index in [0.717, 1.165) is 11.0 Å². The molecule has 2 aliphatic heterocycles. The van der Waals surface area contributed by atoms with Crippen molar-refractivity contribution in [2.24, 2.45) is 0 Å². The number of Topliss-reactive ketones (excluding diaryl/α,β-unsaturated/α-hetero) is 1. The highest BCUT2D eigenvalue weighted by atomic mass is 16.5. The lowest BCUT2D eigenvalue weighted by Gasteiger charge is -2.51. The van der Waals surface area contributed by atoms with Gasteiger partial charge in [-0.3, -0.25) is 15.0 Å². The standard InChI is InChI=1S/C24H25N5O4/c1-4-19(30)28-12-24(13-28)21(31)20(23-26-17-7-5-6-8-18(17)27-23)22(25)29(24)14-9-15(32-2)11-16(10-14)33-3/h5-11,20,25H,4,12-13H2,1-3H3,(H,26,27). The number of nitrogens with zero attached hydrogens (tertiary/aromatic N) is 3. The fourth-order valence-corrected chi connectivity index (χ4v) is 4.82. The summed E-state index contributed by atoms with van der Waals surface area (Å²) in [5.41, 5.74) is 1.11. The smallest absolute Gasteiger partial charge is 0.222 e. The van der Waals surface area contributed by atoms with E-state index < -0.39 is 11.5 Å². The summed E-state index contributed by atoms with van der Waals surface area (Å²) in [6, 6.07) is 12.8. The molecule has 9 heteroatoms. The topological polar surface area (TPSA) is 112 Å². The van der Waals surface area contributed by atoms with Crippen molar-refractivity contribution in [1.82, 2.24) is 14.9 Å². The molecule has 2 fully saturated rings. The Labute approximate surface area is 190 Å². The van der Waals surface area contributed by atoms with E-state index in [1.54, 1.807) is 49.1 Å². The van der Waals surface area contributed by atoms with Crippen LogP contribution in [0.3, 0.4) is 0 Å². The highest BCUT2D eigenvalue weighted by Gasteiger charge is 2.64. The number of fused-ring (bicyclic) bond motifs is 1. The van der Waals surface area contributed by atoms with Crippen LogP contribution in [0.25, 0.3) is 11.0 Å². The molecule has 2 saturated heterocycles. The number of ether oxygens (including phenoxy) is 2. The number of methoxy groups -OCH3 is 2. The summed E-state index contributed by atoms with van der Waals surface area (Å²) in [5, 5.41) is 9.07. The van der Waals surface area contributed by atoms with Gasteiger partial charge in [-0.15, -0.1) is 0 Å². The molecule has 5 rings (SSSR count). The Morgan fingerprint density at radius 3 is 2.45 bits per heavy atom. The van der Waals surface area contributed by atoms with Gasteiger partial charge in [0.1, 0.15) is 34.6 Å². The number of benzene rings is 2. The second-order valence-corrected chi connectivity index (χ2v) is 8.36. The number of nitrogens with one attached hydrogen (secondary N) is 2. The van der Waals surface area contributed by atoms with Crippen LogP contribution in [0.15, 0.2) is 42.5 Å². The summed E-state index contributed by atoms with van der Waals surface area (Å²) in [7, 11) is 3.11. The molecule has 0 aliphatic carbocycles. The maximum Gasteiger partial charge on any atom is 0.222 e. The number of likely N-dealkylation sites (tertiary alicyclic amines) is 1. The molecule has 1 spiro atoms. The summed E-state index contributed by atoms with van der Waals surface area (Å²) in [5.74, 6) is 0.610. The number of aromatic amines is 1. The number of H-pyrrole nitrogens is 1. The van der Waals surface area contributed by atoms with Crippen molar-refractivity contribution in [3.63, 3.8) is 0 Å². The summed E-state index contributed by atoms with van der Waals surface area (Å²) in [6.07, 6.45) is 0.363. The molecule has 2 aliphatic rings. The Kier molecular flexibility index (Phi) is 4.84. The van der Waals surface area contributed by atoms with Crippen LogP contribution < -0.4 is 14.4 Å². The Morgan fingerprint density at radius 1 is 1.18 bits per heavy atom. The van der Waals surface area contributed by atoms with Crippen molar-refractivity contribution < 1.29 is 19.1 Å². The number of carbonyl (C=O) groups is 2. The van der Waals surface area contributed by atoms with Crippen LogP contribution in [-0.4, -0.2) is 65.2 Å². The van der Waals surface area contributed by atoms with Crippen molar-refractivity contribution in [3.05, 3.63) is 48.3 Å². The zero-order valence-electron chi connectivity index (χ0n) is 18.7. The molecule has 1 unspecified atom stereocenters. The lowest BCUT2D eigenvalue weighted by atomic mass is 9.82. The average molecular weight is 447 g/mol. The van der Waals surface area contributed by atoms with E-state index >= 15 is 0 Å².